The van der Waals surface area contributed by atoms with Gasteiger partial charge in [0.2, 0.25) is 5.91 Å². The van der Waals surface area contributed by atoms with Gasteiger partial charge in [-0.15, -0.1) is 0 Å². The van der Waals surface area contributed by atoms with Crippen molar-refractivity contribution in [2.24, 2.45) is 5.73 Å². The highest BCUT2D eigenvalue weighted by atomic mass is 32.1. The average molecular weight is 307 g/mol. The third-order valence-electron chi connectivity index (χ3n) is 2.90. The zero-order valence-electron chi connectivity index (χ0n) is 11.4. The summed E-state index contributed by atoms with van der Waals surface area (Å²) in [5.41, 5.74) is 6.15. The lowest BCUT2D eigenvalue weighted by Gasteiger charge is -2.10. The van der Waals surface area contributed by atoms with Crippen LogP contribution in [0.5, 0.6) is 5.75 Å². The van der Waals surface area contributed by atoms with Gasteiger partial charge in [0.15, 0.2) is 6.61 Å². The van der Waals surface area contributed by atoms with E-state index in [-0.39, 0.29) is 36.0 Å². The number of hydrogen-bond donors (Lipinski definition) is 3. The highest BCUT2D eigenvalue weighted by Crippen LogP contribution is 2.18. The molecule has 2 amide bonds. The number of benzene rings is 1. The first-order chi connectivity index (χ1) is 10.1. The third kappa shape index (κ3) is 5.03. The molecule has 0 aromatic heterocycles. The lowest BCUT2D eigenvalue weighted by atomic mass is 10.2. The predicted molar refractivity (Wildman–Crippen MR) is 82.0 cm³/mol. The standard InChI is InChI=1S/C14H17N3O3S/c15-14(21)10-3-1-2-4-11(10)20-8-13(19)16-7-12(18)17-9-5-6-9/h1-4,9H,5-8H2,(H2,15,21)(H,16,19)(H,17,18). The molecular weight excluding hydrogens is 290 g/mol. The van der Waals surface area contributed by atoms with Gasteiger partial charge < -0.3 is 21.1 Å². The second kappa shape index (κ2) is 7.03. The molecular formula is C14H17N3O3S. The van der Waals surface area contributed by atoms with E-state index in [2.05, 4.69) is 10.6 Å². The van der Waals surface area contributed by atoms with Gasteiger partial charge in [-0.05, 0) is 25.0 Å². The molecule has 0 bridgehead atoms. The Morgan fingerprint density at radius 2 is 2.00 bits per heavy atom. The molecule has 0 aliphatic heterocycles. The number of carbonyl (C=O) groups is 2. The van der Waals surface area contributed by atoms with Crippen molar-refractivity contribution in [2.45, 2.75) is 18.9 Å². The Kier molecular flexibility index (Phi) is 5.10. The van der Waals surface area contributed by atoms with Crippen LogP contribution in [0.4, 0.5) is 0 Å². The molecule has 0 saturated heterocycles. The van der Waals surface area contributed by atoms with Crippen LogP contribution in [-0.2, 0) is 9.59 Å². The zero-order chi connectivity index (χ0) is 15.2. The molecule has 1 aliphatic carbocycles. The van der Waals surface area contributed by atoms with Crippen LogP contribution >= 0.6 is 12.2 Å². The first-order valence-corrected chi connectivity index (χ1v) is 7.05. The highest BCUT2D eigenvalue weighted by Gasteiger charge is 2.23. The number of thiocarbonyl (C=S) groups is 1. The van der Waals surface area contributed by atoms with Crippen molar-refractivity contribution in [1.29, 1.82) is 0 Å². The quantitative estimate of drug-likeness (QED) is 0.621. The van der Waals surface area contributed by atoms with Crippen LogP contribution in [0.2, 0.25) is 0 Å². The molecule has 1 fully saturated rings. The number of para-hydroxylation sites is 1. The molecule has 112 valence electrons. The van der Waals surface area contributed by atoms with E-state index in [4.69, 9.17) is 22.7 Å². The SMILES string of the molecule is NC(=S)c1ccccc1OCC(=O)NCC(=O)NC1CC1. The summed E-state index contributed by atoms with van der Waals surface area (Å²) in [7, 11) is 0. The van der Waals surface area contributed by atoms with E-state index in [0.717, 1.165) is 12.8 Å². The average Bonchev–Trinajstić information content (AvgIpc) is 3.27. The summed E-state index contributed by atoms with van der Waals surface area (Å²) < 4.78 is 5.37. The maximum absolute atomic E-state index is 11.6. The van der Waals surface area contributed by atoms with E-state index in [1.54, 1.807) is 24.3 Å². The minimum Gasteiger partial charge on any atom is -0.483 e. The largest absolute Gasteiger partial charge is 0.483 e. The first kappa shape index (κ1) is 15.2. The number of carbonyl (C=O) groups excluding carboxylic acids is 2. The monoisotopic (exact) mass is 307 g/mol. The topological polar surface area (TPSA) is 93.4 Å². The Hall–Kier alpha value is -2.15. The molecule has 2 rings (SSSR count). The Morgan fingerprint density at radius 3 is 2.67 bits per heavy atom. The molecule has 7 heteroatoms. The van der Waals surface area contributed by atoms with Crippen LogP contribution in [-0.4, -0.2) is 36.0 Å². The van der Waals surface area contributed by atoms with Crippen molar-refractivity contribution in [3.05, 3.63) is 29.8 Å². The molecule has 1 aromatic carbocycles. The van der Waals surface area contributed by atoms with E-state index in [9.17, 15) is 9.59 Å². The van der Waals surface area contributed by atoms with Crippen LogP contribution < -0.4 is 21.1 Å². The normalized spacial score (nSPS) is 13.3. The van der Waals surface area contributed by atoms with Gasteiger partial charge in [-0.25, -0.2) is 0 Å². The number of hydrogen-bond acceptors (Lipinski definition) is 4. The highest BCUT2D eigenvalue weighted by molar-refractivity contribution is 7.80. The molecule has 4 N–H and O–H groups in total. The summed E-state index contributed by atoms with van der Waals surface area (Å²) in [5, 5.41) is 5.27. The summed E-state index contributed by atoms with van der Waals surface area (Å²) in [6, 6.07) is 7.23. The smallest absolute Gasteiger partial charge is 0.258 e. The Balaban J connectivity index is 1.75. The van der Waals surface area contributed by atoms with E-state index < -0.39 is 0 Å². The molecule has 21 heavy (non-hydrogen) atoms. The van der Waals surface area contributed by atoms with Gasteiger partial charge in [0.05, 0.1) is 12.1 Å². The van der Waals surface area contributed by atoms with Gasteiger partial charge >= 0.3 is 0 Å². The Bertz CT molecular complexity index is 558. The zero-order valence-corrected chi connectivity index (χ0v) is 12.2. The van der Waals surface area contributed by atoms with E-state index >= 15 is 0 Å². The fourth-order valence-electron chi connectivity index (χ4n) is 1.68. The van der Waals surface area contributed by atoms with Gasteiger partial charge in [-0.3, -0.25) is 9.59 Å². The minimum atomic E-state index is -0.376. The summed E-state index contributed by atoms with van der Waals surface area (Å²) in [6.45, 7) is -0.244. The summed E-state index contributed by atoms with van der Waals surface area (Å²) >= 11 is 4.91. The fraction of sp³-hybridized carbons (Fsp3) is 0.357. The molecule has 1 aliphatic rings. The van der Waals surface area contributed by atoms with Crippen LogP contribution in [0.15, 0.2) is 24.3 Å². The number of nitrogens with one attached hydrogen (secondary N) is 2. The lowest BCUT2D eigenvalue weighted by Crippen LogP contribution is -2.39. The van der Waals surface area contributed by atoms with Crippen molar-refractivity contribution in [3.63, 3.8) is 0 Å². The second-order valence-electron chi connectivity index (χ2n) is 4.77. The van der Waals surface area contributed by atoms with Gasteiger partial charge in [-0.1, -0.05) is 24.4 Å². The van der Waals surface area contributed by atoms with Crippen molar-refractivity contribution in [3.8, 4) is 5.75 Å². The van der Waals surface area contributed by atoms with Crippen molar-refractivity contribution in [2.75, 3.05) is 13.2 Å². The lowest BCUT2D eigenvalue weighted by molar-refractivity contribution is -0.127. The van der Waals surface area contributed by atoms with Gasteiger partial charge in [0.25, 0.3) is 5.91 Å². The van der Waals surface area contributed by atoms with Crippen molar-refractivity contribution < 1.29 is 14.3 Å². The summed E-state index contributed by atoms with van der Waals surface area (Å²) in [5.74, 6) is -0.115. The number of amides is 2. The van der Waals surface area contributed by atoms with Crippen LogP contribution in [0, 0.1) is 0 Å². The molecule has 0 spiro atoms. The van der Waals surface area contributed by atoms with Gasteiger partial charge in [0, 0.05) is 6.04 Å². The minimum absolute atomic E-state index is 0.0460. The van der Waals surface area contributed by atoms with Crippen molar-refractivity contribution >= 4 is 29.0 Å². The van der Waals surface area contributed by atoms with E-state index in [1.807, 2.05) is 0 Å². The second-order valence-corrected chi connectivity index (χ2v) is 5.21. The Morgan fingerprint density at radius 1 is 1.29 bits per heavy atom. The summed E-state index contributed by atoms with van der Waals surface area (Å²) in [6.07, 6.45) is 2.02. The van der Waals surface area contributed by atoms with E-state index in [0.29, 0.717) is 11.3 Å². The summed E-state index contributed by atoms with van der Waals surface area (Å²) in [4.78, 5) is 23.2. The van der Waals surface area contributed by atoms with Gasteiger partial charge in [0.1, 0.15) is 10.7 Å². The molecule has 1 saturated carbocycles. The van der Waals surface area contributed by atoms with Crippen LogP contribution in [0.3, 0.4) is 0 Å². The molecule has 0 atom stereocenters. The van der Waals surface area contributed by atoms with Crippen LogP contribution in [0.25, 0.3) is 0 Å². The van der Waals surface area contributed by atoms with E-state index in [1.165, 1.54) is 0 Å². The fourth-order valence-corrected chi connectivity index (χ4v) is 1.84. The van der Waals surface area contributed by atoms with Gasteiger partial charge in [-0.2, -0.15) is 0 Å². The maximum atomic E-state index is 11.6. The first-order valence-electron chi connectivity index (χ1n) is 6.64. The predicted octanol–water partition coefficient (Wildman–Crippen LogP) is 0.0944. The number of ether oxygens (including phenoxy) is 1. The molecule has 0 heterocycles. The maximum Gasteiger partial charge on any atom is 0.258 e. The number of rotatable bonds is 7. The Labute approximate surface area is 128 Å². The number of nitrogens with two attached hydrogens (primary N) is 1. The van der Waals surface area contributed by atoms with Crippen LogP contribution in [0.1, 0.15) is 18.4 Å². The molecule has 6 nitrogen and oxygen atoms in total. The molecule has 0 unspecified atom stereocenters. The molecule has 1 aromatic rings. The third-order valence-corrected chi connectivity index (χ3v) is 3.12. The van der Waals surface area contributed by atoms with Crippen molar-refractivity contribution in [1.82, 2.24) is 10.6 Å². The molecule has 0 radical (unpaired) electrons.